The lowest BCUT2D eigenvalue weighted by atomic mass is 10.2. The van der Waals surface area contributed by atoms with Gasteiger partial charge in [0.2, 0.25) is 0 Å². The number of morpholine rings is 1. The highest BCUT2D eigenvalue weighted by molar-refractivity contribution is 7.15. The van der Waals surface area contributed by atoms with Crippen LogP contribution in [0.5, 0.6) is 0 Å². The molecule has 0 N–H and O–H groups in total. The highest BCUT2D eigenvalue weighted by Gasteiger charge is 2.21. The maximum atomic E-state index is 5.37. The zero-order chi connectivity index (χ0) is 11.0. The van der Waals surface area contributed by atoms with Crippen LogP contribution < -0.4 is 4.90 Å². The average molecular weight is 239 g/mol. The molecule has 2 aliphatic rings. The third kappa shape index (κ3) is 1.95. The third-order valence-corrected chi connectivity index (χ3v) is 4.34. The first-order valence-electron chi connectivity index (χ1n) is 5.83. The predicted molar refractivity (Wildman–Crippen MR) is 65.2 cm³/mol. The minimum absolute atomic E-state index is 0.837. The van der Waals surface area contributed by atoms with Gasteiger partial charge in [-0.3, -0.25) is 0 Å². The van der Waals surface area contributed by atoms with E-state index in [-0.39, 0.29) is 0 Å². The molecule has 1 aromatic rings. The second-order valence-electron chi connectivity index (χ2n) is 4.45. The third-order valence-electron chi connectivity index (χ3n) is 3.19. The summed E-state index contributed by atoms with van der Waals surface area (Å²) >= 11 is 1.86. The normalized spacial score (nSPS) is 22.2. The molecule has 0 saturated carbocycles. The van der Waals surface area contributed by atoms with Crippen molar-refractivity contribution in [1.29, 1.82) is 0 Å². The van der Waals surface area contributed by atoms with Crippen LogP contribution in [-0.2, 0) is 17.7 Å². The molecule has 0 atom stereocenters. The highest BCUT2D eigenvalue weighted by atomic mass is 32.1. The smallest absolute Gasteiger partial charge is 0.185 e. The quantitative estimate of drug-likeness (QED) is 0.730. The predicted octanol–water partition coefficient (Wildman–Crippen LogP) is 0.968. The molecule has 3 heterocycles. The molecular formula is C11H17N3OS. The SMILES string of the molecule is CN1CCc2nc(N3CCOCC3)sc2C1. The van der Waals surface area contributed by atoms with Crippen molar-refractivity contribution in [3.8, 4) is 0 Å². The standard InChI is InChI=1S/C11H17N3OS/c1-13-3-2-9-10(8-13)16-11(12-9)14-4-6-15-7-5-14/h2-8H2,1H3. The van der Waals surface area contributed by atoms with Gasteiger partial charge >= 0.3 is 0 Å². The Hall–Kier alpha value is -0.650. The van der Waals surface area contributed by atoms with Crippen molar-refractivity contribution in [3.63, 3.8) is 0 Å². The van der Waals surface area contributed by atoms with Gasteiger partial charge in [0.05, 0.1) is 18.9 Å². The maximum absolute atomic E-state index is 5.37. The Balaban J connectivity index is 1.80. The van der Waals surface area contributed by atoms with Crippen LogP contribution in [0, 0.1) is 0 Å². The second kappa shape index (κ2) is 4.31. The van der Waals surface area contributed by atoms with Crippen molar-refractivity contribution in [1.82, 2.24) is 9.88 Å². The van der Waals surface area contributed by atoms with Gasteiger partial charge in [0.25, 0.3) is 0 Å². The fourth-order valence-electron chi connectivity index (χ4n) is 2.20. The summed E-state index contributed by atoms with van der Waals surface area (Å²) in [6.07, 6.45) is 1.10. The summed E-state index contributed by atoms with van der Waals surface area (Å²) in [6.45, 7) is 5.86. The van der Waals surface area contributed by atoms with Gasteiger partial charge in [0, 0.05) is 37.5 Å². The van der Waals surface area contributed by atoms with Crippen LogP contribution in [0.15, 0.2) is 0 Å². The topological polar surface area (TPSA) is 28.6 Å². The van der Waals surface area contributed by atoms with Gasteiger partial charge in [0.15, 0.2) is 5.13 Å². The van der Waals surface area contributed by atoms with Gasteiger partial charge in [-0.1, -0.05) is 0 Å². The number of thiazole rings is 1. The van der Waals surface area contributed by atoms with Crippen LogP contribution in [0.3, 0.4) is 0 Å². The van der Waals surface area contributed by atoms with Crippen molar-refractivity contribution < 1.29 is 4.74 Å². The maximum Gasteiger partial charge on any atom is 0.185 e. The molecule has 0 aromatic carbocycles. The van der Waals surface area contributed by atoms with E-state index in [2.05, 4.69) is 16.8 Å². The fraction of sp³-hybridized carbons (Fsp3) is 0.727. The molecule has 1 fully saturated rings. The van der Waals surface area contributed by atoms with Crippen LogP contribution in [0.4, 0.5) is 5.13 Å². The lowest BCUT2D eigenvalue weighted by molar-refractivity contribution is 0.122. The number of likely N-dealkylation sites (N-methyl/N-ethyl adjacent to an activating group) is 1. The minimum Gasteiger partial charge on any atom is -0.378 e. The molecule has 0 unspecified atom stereocenters. The monoisotopic (exact) mass is 239 g/mol. The molecular weight excluding hydrogens is 222 g/mol. The first-order valence-corrected chi connectivity index (χ1v) is 6.64. The number of hydrogen-bond acceptors (Lipinski definition) is 5. The van der Waals surface area contributed by atoms with Gasteiger partial charge in [-0.05, 0) is 7.05 Å². The number of anilines is 1. The summed E-state index contributed by atoms with van der Waals surface area (Å²) in [5.41, 5.74) is 1.32. The van der Waals surface area contributed by atoms with Gasteiger partial charge in [-0.2, -0.15) is 0 Å². The number of rotatable bonds is 1. The zero-order valence-electron chi connectivity index (χ0n) is 9.61. The second-order valence-corrected chi connectivity index (χ2v) is 5.52. The summed E-state index contributed by atoms with van der Waals surface area (Å²) in [4.78, 5) is 10.9. The van der Waals surface area contributed by atoms with Crippen LogP contribution in [0.25, 0.3) is 0 Å². The molecule has 5 heteroatoms. The van der Waals surface area contributed by atoms with Crippen LogP contribution in [-0.4, -0.2) is 49.8 Å². The van der Waals surface area contributed by atoms with Crippen molar-refractivity contribution >= 4 is 16.5 Å². The van der Waals surface area contributed by atoms with Crippen molar-refractivity contribution in [2.45, 2.75) is 13.0 Å². The van der Waals surface area contributed by atoms with E-state index in [1.807, 2.05) is 11.3 Å². The van der Waals surface area contributed by atoms with Gasteiger partial charge < -0.3 is 14.5 Å². The van der Waals surface area contributed by atoms with E-state index < -0.39 is 0 Å². The van der Waals surface area contributed by atoms with E-state index in [4.69, 9.17) is 9.72 Å². The Kier molecular flexibility index (Phi) is 2.83. The highest BCUT2D eigenvalue weighted by Crippen LogP contribution is 2.30. The van der Waals surface area contributed by atoms with E-state index in [1.54, 1.807) is 0 Å². The molecule has 3 rings (SSSR count). The van der Waals surface area contributed by atoms with E-state index in [9.17, 15) is 0 Å². The molecule has 16 heavy (non-hydrogen) atoms. The molecule has 0 bridgehead atoms. The first-order chi connectivity index (χ1) is 7.83. The Bertz CT molecular complexity index is 373. The Morgan fingerprint density at radius 3 is 2.88 bits per heavy atom. The van der Waals surface area contributed by atoms with E-state index in [1.165, 1.54) is 15.7 Å². The number of aromatic nitrogens is 1. The molecule has 0 radical (unpaired) electrons. The number of nitrogens with zero attached hydrogens (tertiary/aromatic N) is 3. The molecule has 1 saturated heterocycles. The van der Waals surface area contributed by atoms with Crippen molar-refractivity contribution in [2.75, 3.05) is 44.8 Å². The lowest BCUT2D eigenvalue weighted by Gasteiger charge is -2.26. The molecule has 88 valence electrons. The number of ether oxygens (including phenoxy) is 1. The number of hydrogen-bond donors (Lipinski definition) is 0. The Morgan fingerprint density at radius 2 is 2.06 bits per heavy atom. The summed E-state index contributed by atoms with van der Waals surface area (Å²) in [5.74, 6) is 0. The van der Waals surface area contributed by atoms with E-state index in [0.29, 0.717) is 0 Å². The van der Waals surface area contributed by atoms with Crippen molar-refractivity contribution in [2.24, 2.45) is 0 Å². The van der Waals surface area contributed by atoms with E-state index >= 15 is 0 Å². The van der Waals surface area contributed by atoms with Gasteiger partial charge in [-0.15, -0.1) is 11.3 Å². The van der Waals surface area contributed by atoms with Crippen LogP contribution in [0.2, 0.25) is 0 Å². The van der Waals surface area contributed by atoms with Crippen LogP contribution >= 0.6 is 11.3 Å². The fourth-order valence-corrected chi connectivity index (χ4v) is 3.44. The molecule has 4 nitrogen and oxygen atoms in total. The van der Waals surface area contributed by atoms with Crippen molar-refractivity contribution in [3.05, 3.63) is 10.6 Å². The van der Waals surface area contributed by atoms with Gasteiger partial charge in [-0.25, -0.2) is 4.98 Å². The Morgan fingerprint density at radius 1 is 1.25 bits per heavy atom. The lowest BCUT2D eigenvalue weighted by Crippen LogP contribution is -2.36. The molecule has 0 spiro atoms. The number of fused-ring (bicyclic) bond motifs is 1. The van der Waals surface area contributed by atoms with E-state index in [0.717, 1.165) is 45.8 Å². The largest absolute Gasteiger partial charge is 0.378 e. The summed E-state index contributed by atoms with van der Waals surface area (Å²) in [6, 6.07) is 0. The summed E-state index contributed by atoms with van der Waals surface area (Å²) < 4.78 is 5.37. The van der Waals surface area contributed by atoms with Crippen LogP contribution in [0.1, 0.15) is 10.6 Å². The molecule has 0 aliphatic carbocycles. The summed E-state index contributed by atoms with van der Waals surface area (Å²) in [5, 5.41) is 1.20. The Labute approximate surface area is 99.8 Å². The first kappa shape index (κ1) is 10.5. The molecule has 2 aliphatic heterocycles. The summed E-state index contributed by atoms with van der Waals surface area (Å²) in [7, 11) is 2.18. The minimum atomic E-state index is 0.837. The zero-order valence-corrected chi connectivity index (χ0v) is 10.4. The molecule has 0 amide bonds. The molecule has 1 aromatic heterocycles. The van der Waals surface area contributed by atoms with Gasteiger partial charge in [0.1, 0.15) is 0 Å². The average Bonchev–Trinajstić information content (AvgIpc) is 2.73.